The van der Waals surface area contributed by atoms with Gasteiger partial charge in [0.25, 0.3) is 0 Å². The Kier molecular flexibility index (Phi) is 27.9. The minimum Gasteiger partial charge on any atom is -0.481 e. The van der Waals surface area contributed by atoms with Gasteiger partial charge in [-0.3, -0.25) is 14.4 Å². The lowest BCUT2D eigenvalue weighted by Crippen LogP contribution is -1.94. The zero-order valence-corrected chi connectivity index (χ0v) is 20.6. The standard InChI is InChI=1S/C13H24O4.C13H26O2/c14-12(15)10-8-6-4-2-1-3-5-7-9-11-13(16)17;1-2-3-4-5-6-7-8-9-10-11-12-13(14)15/h1-11H2,(H,14,15)(H,16,17);2-12H2,1H3,(H,14,15). The maximum absolute atomic E-state index is 10.2. The predicted octanol–water partition coefficient (Wildman–Crippen LogP) is 7.83. The van der Waals surface area contributed by atoms with E-state index in [9.17, 15) is 14.4 Å². The van der Waals surface area contributed by atoms with Gasteiger partial charge in [0.1, 0.15) is 0 Å². The lowest BCUT2D eigenvalue weighted by atomic mass is 10.1. The van der Waals surface area contributed by atoms with E-state index in [-0.39, 0.29) is 12.8 Å². The van der Waals surface area contributed by atoms with Crippen LogP contribution in [0, 0.1) is 0 Å². The fraction of sp³-hybridized carbons (Fsp3) is 0.885. The fourth-order valence-electron chi connectivity index (χ4n) is 3.55. The summed E-state index contributed by atoms with van der Waals surface area (Å²) in [5, 5.41) is 25.3. The molecule has 0 aromatic carbocycles. The first kappa shape index (κ1) is 32.6. The van der Waals surface area contributed by atoms with Gasteiger partial charge < -0.3 is 15.3 Å². The molecule has 0 aliphatic carbocycles. The molecule has 0 aliphatic heterocycles. The molecular formula is C26H50O6. The minimum atomic E-state index is -0.705. The van der Waals surface area contributed by atoms with Crippen LogP contribution in [0.5, 0.6) is 0 Å². The molecule has 0 saturated carbocycles. The summed E-state index contributed by atoms with van der Waals surface area (Å²) in [4.78, 5) is 30.7. The summed E-state index contributed by atoms with van der Waals surface area (Å²) in [6.45, 7) is 2.24. The van der Waals surface area contributed by atoms with Crippen LogP contribution in [0.15, 0.2) is 0 Å². The van der Waals surface area contributed by atoms with Crippen molar-refractivity contribution in [1.82, 2.24) is 0 Å². The molecule has 6 nitrogen and oxygen atoms in total. The van der Waals surface area contributed by atoms with Gasteiger partial charge in [-0.1, -0.05) is 110 Å². The van der Waals surface area contributed by atoms with Crippen LogP contribution >= 0.6 is 0 Å². The van der Waals surface area contributed by atoms with Crippen molar-refractivity contribution in [2.45, 2.75) is 148 Å². The molecule has 0 saturated heterocycles. The molecule has 0 aromatic rings. The minimum absolute atomic E-state index is 0.287. The predicted molar refractivity (Wildman–Crippen MR) is 130 cm³/mol. The molecule has 0 fully saturated rings. The largest absolute Gasteiger partial charge is 0.481 e. The van der Waals surface area contributed by atoms with Crippen LogP contribution in [-0.2, 0) is 14.4 Å². The summed E-state index contributed by atoms with van der Waals surface area (Å²) in [6.07, 6.45) is 22.8. The monoisotopic (exact) mass is 458 g/mol. The van der Waals surface area contributed by atoms with Gasteiger partial charge in [-0.25, -0.2) is 0 Å². The highest BCUT2D eigenvalue weighted by atomic mass is 16.4. The first-order valence-electron chi connectivity index (χ1n) is 13.1. The number of aliphatic carboxylic acids is 3. The molecule has 190 valence electrons. The Bertz CT molecular complexity index is 414. The smallest absolute Gasteiger partial charge is 0.303 e. The quantitative estimate of drug-likeness (QED) is 0.134. The summed E-state index contributed by atoms with van der Waals surface area (Å²) in [7, 11) is 0. The van der Waals surface area contributed by atoms with Crippen LogP contribution < -0.4 is 0 Å². The molecular weight excluding hydrogens is 408 g/mol. The van der Waals surface area contributed by atoms with E-state index in [1.807, 2.05) is 0 Å². The van der Waals surface area contributed by atoms with Crippen LogP contribution in [-0.4, -0.2) is 33.2 Å². The first-order chi connectivity index (χ1) is 15.4. The summed E-state index contributed by atoms with van der Waals surface area (Å²) in [5.74, 6) is -2.07. The summed E-state index contributed by atoms with van der Waals surface area (Å²) in [6, 6.07) is 0. The van der Waals surface area contributed by atoms with E-state index < -0.39 is 17.9 Å². The Morgan fingerprint density at radius 1 is 0.375 bits per heavy atom. The van der Waals surface area contributed by atoms with E-state index in [4.69, 9.17) is 15.3 Å². The summed E-state index contributed by atoms with van der Waals surface area (Å²) < 4.78 is 0. The fourth-order valence-corrected chi connectivity index (χ4v) is 3.55. The molecule has 0 radical (unpaired) electrons. The van der Waals surface area contributed by atoms with Crippen molar-refractivity contribution in [3.05, 3.63) is 0 Å². The Hall–Kier alpha value is -1.59. The van der Waals surface area contributed by atoms with Crippen molar-refractivity contribution >= 4 is 17.9 Å². The molecule has 0 unspecified atom stereocenters. The van der Waals surface area contributed by atoms with Gasteiger partial charge in [-0.15, -0.1) is 0 Å². The van der Waals surface area contributed by atoms with Crippen LogP contribution in [0.3, 0.4) is 0 Å². The number of unbranched alkanes of at least 4 members (excludes halogenated alkanes) is 17. The molecule has 0 heterocycles. The van der Waals surface area contributed by atoms with Crippen molar-refractivity contribution in [2.24, 2.45) is 0 Å². The third kappa shape index (κ3) is 35.8. The maximum atomic E-state index is 10.2. The first-order valence-corrected chi connectivity index (χ1v) is 13.1. The lowest BCUT2D eigenvalue weighted by molar-refractivity contribution is -0.138. The van der Waals surface area contributed by atoms with Gasteiger partial charge in [-0.05, 0) is 19.3 Å². The Morgan fingerprint density at radius 2 is 0.562 bits per heavy atom. The lowest BCUT2D eigenvalue weighted by Gasteiger charge is -2.01. The Balaban J connectivity index is 0. The molecule has 0 rings (SSSR count). The van der Waals surface area contributed by atoms with Crippen molar-refractivity contribution in [3.8, 4) is 0 Å². The third-order valence-corrected chi connectivity index (χ3v) is 5.53. The second-order valence-corrected chi connectivity index (χ2v) is 8.80. The zero-order valence-electron chi connectivity index (χ0n) is 20.6. The molecule has 0 bridgehead atoms. The number of rotatable bonds is 23. The van der Waals surface area contributed by atoms with E-state index in [2.05, 4.69) is 6.92 Å². The Labute approximate surface area is 196 Å². The summed E-state index contributed by atoms with van der Waals surface area (Å²) >= 11 is 0. The highest BCUT2D eigenvalue weighted by molar-refractivity contribution is 5.67. The number of carbonyl (C=O) groups is 3. The van der Waals surface area contributed by atoms with Crippen LogP contribution in [0.25, 0.3) is 0 Å². The van der Waals surface area contributed by atoms with Gasteiger partial charge >= 0.3 is 17.9 Å². The van der Waals surface area contributed by atoms with Gasteiger partial charge in [0.15, 0.2) is 0 Å². The summed E-state index contributed by atoms with van der Waals surface area (Å²) in [5.41, 5.74) is 0. The molecule has 3 N–H and O–H groups in total. The van der Waals surface area contributed by atoms with E-state index in [1.54, 1.807) is 0 Å². The molecule has 0 atom stereocenters. The third-order valence-electron chi connectivity index (χ3n) is 5.53. The van der Waals surface area contributed by atoms with Gasteiger partial charge in [-0.2, -0.15) is 0 Å². The second kappa shape index (κ2) is 27.4. The molecule has 0 aliphatic rings. The van der Waals surface area contributed by atoms with Crippen LogP contribution in [0.2, 0.25) is 0 Å². The second-order valence-electron chi connectivity index (χ2n) is 8.80. The number of carboxylic acids is 3. The highest BCUT2D eigenvalue weighted by Gasteiger charge is 1.98. The SMILES string of the molecule is CCCCCCCCCCCCC(=O)O.O=C(O)CCCCCCCCCCCC(=O)O. The molecule has 6 heteroatoms. The average molecular weight is 459 g/mol. The molecule has 0 spiro atoms. The normalized spacial score (nSPS) is 10.4. The molecule has 0 amide bonds. The maximum Gasteiger partial charge on any atom is 0.303 e. The topological polar surface area (TPSA) is 112 Å². The van der Waals surface area contributed by atoms with Gasteiger partial charge in [0.2, 0.25) is 0 Å². The van der Waals surface area contributed by atoms with E-state index in [1.165, 1.54) is 70.6 Å². The highest BCUT2D eigenvalue weighted by Crippen LogP contribution is 2.12. The van der Waals surface area contributed by atoms with Crippen molar-refractivity contribution in [1.29, 1.82) is 0 Å². The average Bonchev–Trinajstić information content (AvgIpc) is 2.73. The number of carboxylic acid groups (broad SMARTS) is 3. The molecule has 32 heavy (non-hydrogen) atoms. The van der Waals surface area contributed by atoms with E-state index in [0.717, 1.165) is 51.4 Å². The number of hydrogen-bond donors (Lipinski definition) is 3. The van der Waals surface area contributed by atoms with Crippen LogP contribution in [0.4, 0.5) is 0 Å². The zero-order chi connectivity index (χ0) is 24.3. The number of hydrogen-bond acceptors (Lipinski definition) is 3. The van der Waals surface area contributed by atoms with Crippen LogP contribution in [0.1, 0.15) is 148 Å². The van der Waals surface area contributed by atoms with Gasteiger partial charge in [0.05, 0.1) is 0 Å². The van der Waals surface area contributed by atoms with E-state index >= 15 is 0 Å². The molecule has 0 aromatic heterocycles. The van der Waals surface area contributed by atoms with Gasteiger partial charge in [0, 0.05) is 19.3 Å². The Morgan fingerprint density at radius 3 is 0.750 bits per heavy atom. The van der Waals surface area contributed by atoms with Crippen molar-refractivity contribution in [2.75, 3.05) is 0 Å². The van der Waals surface area contributed by atoms with Crippen molar-refractivity contribution < 1.29 is 29.7 Å². The van der Waals surface area contributed by atoms with E-state index in [0.29, 0.717) is 6.42 Å². The van der Waals surface area contributed by atoms with Crippen molar-refractivity contribution in [3.63, 3.8) is 0 Å².